The Bertz CT molecular complexity index is 812. The largest absolute Gasteiger partial charge is 0.437 e. The third kappa shape index (κ3) is 3.43. The van der Waals surface area contributed by atoms with Crippen LogP contribution in [0.25, 0.3) is 11.4 Å². The molecular formula is C16H11BrClN3O. The van der Waals surface area contributed by atoms with E-state index in [0.717, 1.165) is 15.7 Å². The molecule has 0 unspecified atom stereocenters. The molecule has 0 bridgehead atoms. The maximum Gasteiger partial charge on any atom is 0.223 e. The number of aromatic nitrogens is 3. The summed E-state index contributed by atoms with van der Waals surface area (Å²) < 4.78 is 6.68. The van der Waals surface area contributed by atoms with Crippen LogP contribution in [0.5, 0.6) is 11.6 Å². The van der Waals surface area contributed by atoms with Crippen molar-refractivity contribution < 1.29 is 4.74 Å². The average Bonchev–Trinajstić information content (AvgIpc) is 2.51. The summed E-state index contributed by atoms with van der Waals surface area (Å²) in [4.78, 5) is 12.9. The first-order chi connectivity index (χ1) is 10.6. The van der Waals surface area contributed by atoms with Crippen LogP contribution in [0, 0.1) is 6.92 Å². The molecule has 6 heteroatoms. The number of benzene rings is 1. The molecule has 0 saturated carbocycles. The minimum absolute atomic E-state index is 0.436. The molecule has 0 radical (unpaired) electrons. The van der Waals surface area contributed by atoms with Crippen LogP contribution in [0.15, 0.2) is 53.3 Å². The number of pyridine rings is 1. The summed E-state index contributed by atoms with van der Waals surface area (Å²) >= 11 is 9.54. The Kier molecular flexibility index (Phi) is 4.36. The van der Waals surface area contributed by atoms with Gasteiger partial charge in [0.25, 0.3) is 0 Å². The number of hydrogen-bond donors (Lipinski definition) is 0. The first-order valence-corrected chi connectivity index (χ1v) is 7.68. The minimum Gasteiger partial charge on any atom is -0.437 e. The molecule has 0 spiro atoms. The fourth-order valence-electron chi connectivity index (χ4n) is 1.88. The highest BCUT2D eigenvalue weighted by molar-refractivity contribution is 9.10. The van der Waals surface area contributed by atoms with Gasteiger partial charge in [-0.25, -0.2) is 4.98 Å². The van der Waals surface area contributed by atoms with Gasteiger partial charge in [0, 0.05) is 34.2 Å². The van der Waals surface area contributed by atoms with Crippen LogP contribution >= 0.6 is 27.5 Å². The van der Waals surface area contributed by atoms with E-state index in [1.54, 1.807) is 30.6 Å². The van der Waals surface area contributed by atoms with E-state index in [2.05, 4.69) is 30.9 Å². The van der Waals surface area contributed by atoms with Gasteiger partial charge in [-0.1, -0.05) is 27.5 Å². The van der Waals surface area contributed by atoms with Gasteiger partial charge in [0.1, 0.15) is 5.75 Å². The molecule has 0 aliphatic heterocycles. The lowest BCUT2D eigenvalue weighted by atomic mass is 10.2. The van der Waals surface area contributed by atoms with Crippen molar-refractivity contribution in [3.05, 3.63) is 64.0 Å². The summed E-state index contributed by atoms with van der Waals surface area (Å²) in [5, 5.41) is 0.516. The Morgan fingerprint density at radius 3 is 2.77 bits per heavy atom. The van der Waals surface area contributed by atoms with Gasteiger partial charge in [-0.05, 0) is 37.3 Å². The number of aryl methyl sites for hydroxylation is 1. The summed E-state index contributed by atoms with van der Waals surface area (Å²) in [5.74, 6) is 1.53. The fraction of sp³-hybridized carbons (Fsp3) is 0.0625. The summed E-state index contributed by atoms with van der Waals surface area (Å²) in [6, 6.07) is 10.9. The lowest BCUT2D eigenvalue weighted by molar-refractivity contribution is 0.461. The Morgan fingerprint density at radius 2 is 2.00 bits per heavy atom. The molecule has 0 fully saturated rings. The number of rotatable bonds is 3. The molecule has 0 aliphatic carbocycles. The minimum atomic E-state index is 0.436. The normalized spacial score (nSPS) is 10.5. The van der Waals surface area contributed by atoms with Crippen LogP contribution in [0.4, 0.5) is 0 Å². The van der Waals surface area contributed by atoms with Crippen molar-refractivity contribution in [3.63, 3.8) is 0 Å². The zero-order valence-corrected chi connectivity index (χ0v) is 14.0. The summed E-state index contributed by atoms with van der Waals surface area (Å²) in [6.45, 7) is 1.89. The molecule has 4 nitrogen and oxygen atoms in total. The molecule has 3 rings (SSSR count). The van der Waals surface area contributed by atoms with Crippen LogP contribution in [0.2, 0.25) is 5.02 Å². The molecule has 0 saturated heterocycles. The van der Waals surface area contributed by atoms with Gasteiger partial charge in [-0.15, -0.1) is 0 Å². The van der Waals surface area contributed by atoms with E-state index in [9.17, 15) is 0 Å². The molecular weight excluding hydrogens is 366 g/mol. The summed E-state index contributed by atoms with van der Waals surface area (Å²) in [5.41, 5.74) is 1.63. The van der Waals surface area contributed by atoms with Gasteiger partial charge in [-0.3, -0.25) is 4.98 Å². The van der Waals surface area contributed by atoms with E-state index in [1.807, 2.05) is 25.1 Å². The van der Waals surface area contributed by atoms with Crippen LogP contribution in [-0.2, 0) is 0 Å². The Balaban J connectivity index is 1.98. The molecule has 0 N–H and O–H groups in total. The standard InChI is InChI=1S/C16H11BrClN3O/c1-10-7-15(22-14-8-12(17)4-5-13(14)18)21-16(20-10)11-3-2-6-19-9-11/h2-9H,1H3. The van der Waals surface area contributed by atoms with Crippen LogP contribution < -0.4 is 4.74 Å². The molecule has 110 valence electrons. The molecule has 0 atom stereocenters. The van der Waals surface area contributed by atoms with E-state index < -0.39 is 0 Å². The van der Waals surface area contributed by atoms with Crippen molar-refractivity contribution in [2.45, 2.75) is 6.92 Å². The maximum absolute atomic E-state index is 6.14. The van der Waals surface area contributed by atoms with Crippen LogP contribution in [0.3, 0.4) is 0 Å². The highest BCUT2D eigenvalue weighted by Crippen LogP contribution is 2.32. The Labute approximate surface area is 141 Å². The maximum atomic E-state index is 6.14. The molecule has 2 aromatic heterocycles. The zero-order valence-electron chi connectivity index (χ0n) is 11.6. The molecule has 3 aromatic rings. The van der Waals surface area contributed by atoms with E-state index in [0.29, 0.717) is 22.5 Å². The van der Waals surface area contributed by atoms with Gasteiger partial charge >= 0.3 is 0 Å². The van der Waals surface area contributed by atoms with Gasteiger partial charge in [0.15, 0.2) is 5.82 Å². The van der Waals surface area contributed by atoms with Crippen molar-refractivity contribution >= 4 is 27.5 Å². The predicted molar refractivity (Wildman–Crippen MR) is 89.2 cm³/mol. The smallest absolute Gasteiger partial charge is 0.223 e. The van der Waals surface area contributed by atoms with Crippen LogP contribution in [-0.4, -0.2) is 15.0 Å². The third-order valence-electron chi connectivity index (χ3n) is 2.86. The summed E-state index contributed by atoms with van der Waals surface area (Å²) in [7, 11) is 0. The SMILES string of the molecule is Cc1cc(Oc2cc(Br)ccc2Cl)nc(-c2cccnc2)n1. The predicted octanol–water partition coefficient (Wildman–Crippen LogP) is 5.06. The van der Waals surface area contributed by atoms with Crippen molar-refractivity contribution in [2.24, 2.45) is 0 Å². The van der Waals surface area contributed by atoms with Gasteiger partial charge in [0.2, 0.25) is 5.88 Å². The highest BCUT2D eigenvalue weighted by Gasteiger charge is 2.09. The lowest BCUT2D eigenvalue weighted by Gasteiger charge is -2.09. The Hall–Kier alpha value is -1.98. The fourth-order valence-corrected chi connectivity index (χ4v) is 2.38. The van der Waals surface area contributed by atoms with Gasteiger partial charge in [0.05, 0.1) is 5.02 Å². The van der Waals surface area contributed by atoms with E-state index in [1.165, 1.54) is 0 Å². The first-order valence-electron chi connectivity index (χ1n) is 6.51. The monoisotopic (exact) mass is 375 g/mol. The van der Waals surface area contributed by atoms with Gasteiger partial charge in [-0.2, -0.15) is 4.98 Å². The molecule has 1 aromatic carbocycles. The number of nitrogens with zero attached hydrogens (tertiary/aromatic N) is 3. The van der Waals surface area contributed by atoms with Crippen molar-refractivity contribution in [3.8, 4) is 23.0 Å². The molecule has 0 amide bonds. The molecule has 0 aliphatic rings. The molecule has 22 heavy (non-hydrogen) atoms. The van der Waals surface area contributed by atoms with E-state index in [4.69, 9.17) is 16.3 Å². The number of hydrogen-bond acceptors (Lipinski definition) is 4. The number of halogens is 2. The van der Waals surface area contributed by atoms with E-state index in [-0.39, 0.29) is 0 Å². The zero-order chi connectivity index (χ0) is 15.5. The van der Waals surface area contributed by atoms with Gasteiger partial charge < -0.3 is 4.74 Å². The first kappa shape index (κ1) is 14.9. The van der Waals surface area contributed by atoms with Crippen molar-refractivity contribution in [2.75, 3.05) is 0 Å². The topological polar surface area (TPSA) is 47.9 Å². The second-order valence-corrected chi connectivity index (χ2v) is 5.91. The summed E-state index contributed by atoms with van der Waals surface area (Å²) in [6.07, 6.45) is 3.42. The third-order valence-corrected chi connectivity index (χ3v) is 3.66. The lowest BCUT2D eigenvalue weighted by Crippen LogP contribution is -1.96. The average molecular weight is 377 g/mol. The quantitative estimate of drug-likeness (QED) is 0.641. The van der Waals surface area contributed by atoms with Crippen LogP contribution in [0.1, 0.15) is 5.69 Å². The number of ether oxygens (including phenoxy) is 1. The second-order valence-electron chi connectivity index (χ2n) is 4.59. The van der Waals surface area contributed by atoms with Crippen molar-refractivity contribution in [1.82, 2.24) is 15.0 Å². The van der Waals surface area contributed by atoms with Crippen molar-refractivity contribution in [1.29, 1.82) is 0 Å². The Morgan fingerprint density at radius 1 is 1.14 bits per heavy atom. The highest BCUT2D eigenvalue weighted by atomic mass is 79.9. The molecule has 2 heterocycles. The van der Waals surface area contributed by atoms with E-state index >= 15 is 0 Å². The second kappa shape index (κ2) is 6.42.